The Kier molecular flexibility index (Phi) is 5.11. The summed E-state index contributed by atoms with van der Waals surface area (Å²) in [5.41, 5.74) is 3.70. The molecule has 5 heterocycles. The van der Waals surface area contributed by atoms with Crippen LogP contribution in [0.15, 0.2) is 22.3 Å². The van der Waals surface area contributed by atoms with Crippen LogP contribution in [-0.4, -0.2) is 45.5 Å². The molecule has 0 saturated carbocycles. The molecule has 0 aromatic carbocycles. The van der Waals surface area contributed by atoms with Crippen LogP contribution in [0.5, 0.6) is 0 Å². The smallest absolute Gasteiger partial charge is 0.255 e. The van der Waals surface area contributed by atoms with Crippen LogP contribution < -0.4 is 5.56 Å². The van der Waals surface area contributed by atoms with Gasteiger partial charge in [-0.2, -0.15) is 0 Å². The summed E-state index contributed by atoms with van der Waals surface area (Å²) in [6.45, 7) is 9.11. The molecular weight excluding hydrogens is 368 g/mol. The average Bonchev–Trinajstić information content (AvgIpc) is 3.10. The quantitative estimate of drug-likeness (QED) is 0.793. The van der Waals surface area contributed by atoms with E-state index in [1.807, 2.05) is 0 Å². The van der Waals surface area contributed by atoms with Crippen molar-refractivity contribution in [2.24, 2.45) is 5.92 Å². The minimum atomic E-state index is 0.265. The average molecular weight is 399 g/mol. The predicted octanol–water partition coefficient (Wildman–Crippen LogP) is 3.22. The fourth-order valence-corrected chi connectivity index (χ4v) is 6.01. The highest BCUT2D eigenvalue weighted by atomic mass is 32.1. The summed E-state index contributed by atoms with van der Waals surface area (Å²) in [5, 5.41) is 3.33. The summed E-state index contributed by atoms with van der Waals surface area (Å²) in [6, 6.07) is 4.36. The van der Waals surface area contributed by atoms with Gasteiger partial charge in [0.05, 0.1) is 10.7 Å². The zero-order valence-electron chi connectivity index (χ0n) is 16.8. The van der Waals surface area contributed by atoms with Gasteiger partial charge in [0.15, 0.2) is 0 Å². The summed E-state index contributed by atoms with van der Waals surface area (Å²) in [7, 11) is 0. The van der Waals surface area contributed by atoms with E-state index in [2.05, 4.69) is 43.8 Å². The van der Waals surface area contributed by atoms with E-state index in [1.54, 1.807) is 11.3 Å². The first-order chi connectivity index (χ1) is 13.7. The lowest BCUT2D eigenvalue weighted by molar-refractivity contribution is 0.113. The number of nitrogens with zero attached hydrogens (tertiary/aromatic N) is 4. The first kappa shape index (κ1) is 18.5. The number of thiazole rings is 1. The number of pyridine rings is 1. The van der Waals surface area contributed by atoms with Crippen molar-refractivity contribution in [1.82, 2.24) is 19.4 Å². The summed E-state index contributed by atoms with van der Waals surface area (Å²) >= 11 is 1.73. The molecule has 2 aromatic rings. The standard InChI is InChI=1S/C22H30N4OS/c1-16-23-20(15-28-16)14-25-10-17-9-19(13-25)21-6-5-18(22(27)26(21)11-17)12-24-7-3-2-4-8-24/h5-6,15,17,19H,2-4,7-14H2,1H3/t17-,19+/m0/s1. The second kappa shape index (κ2) is 7.73. The molecule has 0 amide bonds. The first-order valence-electron chi connectivity index (χ1n) is 10.7. The highest BCUT2D eigenvalue weighted by Crippen LogP contribution is 2.35. The molecule has 5 nitrogen and oxygen atoms in total. The molecule has 0 N–H and O–H groups in total. The molecule has 28 heavy (non-hydrogen) atoms. The van der Waals surface area contributed by atoms with Gasteiger partial charge in [-0.25, -0.2) is 4.98 Å². The third kappa shape index (κ3) is 3.70. The maximum absolute atomic E-state index is 13.2. The lowest BCUT2D eigenvalue weighted by Crippen LogP contribution is -2.47. The Morgan fingerprint density at radius 2 is 1.93 bits per heavy atom. The van der Waals surface area contributed by atoms with Gasteiger partial charge in [0.25, 0.3) is 5.56 Å². The van der Waals surface area contributed by atoms with Crippen molar-refractivity contribution in [3.05, 3.63) is 49.8 Å². The van der Waals surface area contributed by atoms with E-state index in [9.17, 15) is 4.79 Å². The predicted molar refractivity (Wildman–Crippen MR) is 113 cm³/mol. The third-order valence-corrected chi connectivity index (χ3v) is 7.48. The van der Waals surface area contributed by atoms with E-state index in [-0.39, 0.29) is 5.56 Å². The molecular formula is C22H30N4OS. The van der Waals surface area contributed by atoms with Crippen LogP contribution >= 0.6 is 11.3 Å². The summed E-state index contributed by atoms with van der Waals surface area (Å²) in [5.74, 6) is 1.05. The van der Waals surface area contributed by atoms with Crippen LogP contribution in [0.25, 0.3) is 0 Å². The van der Waals surface area contributed by atoms with E-state index in [1.165, 1.54) is 37.1 Å². The molecule has 3 aliphatic heterocycles. The van der Waals surface area contributed by atoms with Crippen molar-refractivity contribution < 1.29 is 0 Å². The fraction of sp³-hybridized carbons (Fsp3) is 0.636. The minimum Gasteiger partial charge on any atom is -0.312 e. The molecule has 0 spiro atoms. The Morgan fingerprint density at radius 1 is 1.07 bits per heavy atom. The summed E-state index contributed by atoms with van der Waals surface area (Å²) in [4.78, 5) is 22.8. The molecule has 0 radical (unpaired) electrons. The molecule has 0 aliphatic carbocycles. The molecule has 5 rings (SSSR count). The van der Waals surface area contributed by atoms with E-state index in [0.29, 0.717) is 11.8 Å². The van der Waals surface area contributed by atoms with Gasteiger partial charge in [-0.3, -0.25) is 14.6 Å². The number of hydrogen-bond donors (Lipinski definition) is 0. The molecule has 2 saturated heterocycles. The van der Waals surface area contributed by atoms with Crippen LogP contribution in [0.3, 0.4) is 0 Å². The summed E-state index contributed by atoms with van der Waals surface area (Å²) < 4.78 is 2.11. The van der Waals surface area contributed by atoms with Crippen LogP contribution in [0.2, 0.25) is 0 Å². The Balaban J connectivity index is 1.34. The third-order valence-electron chi connectivity index (χ3n) is 6.65. The number of aryl methyl sites for hydroxylation is 1. The van der Waals surface area contributed by atoms with E-state index in [4.69, 9.17) is 0 Å². The maximum Gasteiger partial charge on any atom is 0.255 e. The van der Waals surface area contributed by atoms with E-state index < -0.39 is 0 Å². The van der Waals surface area contributed by atoms with Gasteiger partial charge in [-0.05, 0) is 51.3 Å². The van der Waals surface area contributed by atoms with Gasteiger partial charge in [0.2, 0.25) is 0 Å². The highest BCUT2D eigenvalue weighted by Gasteiger charge is 2.35. The van der Waals surface area contributed by atoms with Crippen molar-refractivity contribution in [3.8, 4) is 0 Å². The van der Waals surface area contributed by atoms with Gasteiger partial charge in [0, 0.05) is 55.3 Å². The molecule has 2 aromatic heterocycles. The number of rotatable bonds is 4. The van der Waals surface area contributed by atoms with Crippen molar-refractivity contribution in [1.29, 1.82) is 0 Å². The molecule has 0 unspecified atom stereocenters. The van der Waals surface area contributed by atoms with E-state index in [0.717, 1.165) is 56.4 Å². The lowest BCUT2D eigenvalue weighted by atomic mass is 9.83. The zero-order valence-corrected chi connectivity index (χ0v) is 17.6. The largest absolute Gasteiger partial charge is 0.312 e. The summed E-state index contributed by atoms with van der Waals surface area (Å²) in [6.07, 6.45) is 5.09. The number of likely N-dealkylation sites (tertiary alicyclic amines) is 2. The van der Waals surface area contributed by atoms with Crippen molar-refractivity contribution in [2.75, 3.05) is 26.2 Å². The Morgan fingerprint density at radius 3 is 2.71 bits per heavy atom. The number of piperidine rings is 2. The Bertz CT molecular complexity index is 898. The van der Waals surface area contributed by atoms with Crippen molar-refractivity contribution in [2.45, 2.75) is 58.2 Å². The Labute approximate surface area is 171 Å². The van der Waals surface area contributed by atoms with Gasteiger partial charge in [-0.15, -0.1) is 11.3 Å². The van der Waals surface area contributed by atoms with Crippen molar-refractivity contribution >= 4 is 11.3 Å². The fourth-order valence-electron chi connectivity index (χ4n) is 5.41. The number of aromatic nitrogens is 2. The molecule has 2 bridgehead atoms. The minimum absolute atomic E-state index is 0.265. The lowest BCUT2D eigenvalue weighted by Gasteiger charge is -2.42. The van der Waals surface area contributed by atoms with Crippen LogP contribution in [0.4, 0.5) is 0 Å². The first-order valence-corrected chi connectivity index (χ1v) is 11.6. The van der Waals surface area contributed by atoms with Crippen LogP contribution in [0, 0.1) is 12.8 Å². The monoisotopic (exact) mass is 398 g/mol. The highest BCUT2D eigenvalue weighted by molar-refractivity contribution is 7.09. The van der Waals surface area contributed by atoms with Gasteiger partial charge in [-0.1, -0.05) is 12.5 Å². The zero-order chi connectivity index (χ0) is 19.1. The van der Waals surface area contributed by atoms with Crippen molar-refractivity contribution in [3.63, 3.8) is 0 Å². The van der Waals surface area contributed by atoms with Gasteiger partial charge >= 0.3 is 0 Å². The SMILES string of the molecule is Cc1nc(CN2C[C@@H]3C[C@H](C2)c2ccc(CN4CCCCC4)c(=O)n2C3)cs1. The van der Waals surface area contributed by atoms with Crippen LogP contribution in [-0.2, 0) is 19.6 Å². The molecule has 2 atom stereocenters. The van der Waals surface area contributed by atoms with Crippen LogP contribution in [0.1, 0.15) is 53.6 Å². The number of hydrogen-bond acceptors (Lipinski definition) is 5. The molecule has 6 heteroatoms. The Hall–Kier alpha value is -1.50. The normalized spacial score (nSPS) is 25.6. The second-order valence-corrected chi connectivity index (χ2v) is 9.95. The molecule has 150 valence electrons. The van der Waals surface area contributed by atoms with Gasteiger partial charge < -0.3 is 4.57 Å². The molecule has 2 fully saturated rings. The number of fused-ring (bicyclic) bond motifs is 4. The van der Waals surface area contributed by atoms with Gasteiger partial charge in [0.1, 0.15) is 0 Å². The topological polar surface area (TPSA) is 41.4 Å². The van der Waals surface area contributed by atoms with E-state index >= 15 is 0 Å². The maximum atomic E-state index is 13.2. The second-order valence-electron chi connectivity index (χ2n) is 8.89. The molecule has 3 aliphatic rings.